The molecule has 5 rings (SSSR count). The minimum absolute atomic E-state index is 0.0134. The van der Waals surface area contributed by atoms with E-state index in [0.717, 1.165) is 43.4 Å². The summed E-state index contributed by atoms with van der Waals surface area (Å²) in [5, 5.41) is 0.295. The molecule has 3 heterocycles. The van der Waals surface area contributed by atoms with Crippen molar-refractivity contribution >= 4 is 44.3 Å². The minimum atomic E-state index is -0.674. The summed E-state index contributed by atoms with van der Waals surface area (Å²) in [6, 6.07) is 1.31. The molecule has 2 aliphatic rings. The van der Waals surface area contributed by atoms with Crippen molar-refractivity contribution in [2.75, 3.05) is 20.1 Å². The highest BCUT2D eigenvalue weighted by Crippen LogP contribution is 2.44. The minimum Gasteiger partial charge on any atom is -0.484 e. The molecule has 1 unspecified atom stereocenters. The fourth-order valence-electron chi connectivity index (χ4n) is 3.85. The Labute approximate surface area is 162 Å². The molecule has 1 atom stereocenters. The highest BCUT2D eigenvalue weighted by Gasteiger charge is 2.32. The van der Waals surface area contributed by atoms with E-state index in [0.29, 0.717) is 16.9 Å². The Morgan fingerprint density at radius 3 is 2.78 bits per heavy atom. The first-order valence-electron chi connectivity index (χ1n) is 8.88. The van der Waals surface area contributed by atoms with Gasteiger partial charge < -0.3 is 14.2 Å². The molecule has 1 N–H and O–H groups in total. The van der Waals surface area contributed by atoms with Crippen LogP contribution in [0.5, 0.6) is 5.75 Å². The van der Waals surface area contributed by atoms with Crippen LogP contribution in [-0.4, -0.2) is 40.1 Å². The van der Waals surface area contributed by atoms with Gasteiger partial charge in [0.2, 0.25) is 5.43 Å². The molecule has 0 spiro atoms. The van der Waals surface area contributed by atoms with Gasteiger partial charge in [-0.05, 0) is 43.9 Å². The predicted octanol–water partition coefficient (Wildman–Crippen LogP) is 3.11. The van der Waals surface area contributed by atoms with Crippen LogP contribution in [-0.2, 0) is 0 Å². The Kier molecular flexibility index (Phi) is 3.86. The quantitative estimate of drug-likeness (QED) is 0.721. The molecule has 1 saturated carbocycles. The molecular formula is C18H17ClFN3O3S. The lowest BCUT2D eigenvalue weighted by Gasteiger charge is -2.19. The van der Waals surface area contributed by atoms with E-state index in [-0.39, 0.29) is 33.7 Å². The maximum Gasteiger partial charge on any atom is 0.271 e. The van der Waals surface area contributed by atoms with Crippen molar-refractivity contribution in [2.45, 2.75) is 31.4 Å². The van der Waals surface area contributed by atoms with Crippen LogP contribution in [0.2, 0.25) is 5.02 Å². The molecule has 1 saturated heterocycles. The predicted molar refractivity (Wildman–Crippen MR) is 104 cm³/mol. The van der Waals surface area contributed by atoms with Crippen LogP contribution in [0.15, 0.2) is 15.7 Å². The summed E-state index contributed by atoms with van der Waals surface area (Å²) in [5.74, 6) is -0.687. The van der Waals surface area contributed by atoms with E-state index in [2.05, 4.69) is 9.27 Å². The van der Waals surface area contributed by atoms with Crippen molar-refractivity contribution in [2.24, 2.45) is 0 Å². The van der Waals surface area contributed by atoms with Crippen molar-refractivity contribution in [1.29, 1.82) is 0 Å². The van der Waals surface area contributed by atoms with Gasteiger partial charge in [-0.15, -0.1) is 0 Å². The standard InChI is InChI=1S/C18H17ClFN3O3S/c1-22-5-4-9(7-22)26-16-11(20)6-10-14(13(16)19)23(8-2-3-8)18-12(15(10)24)17(25)21-27-18/h6,8-9H,2-5,7H2,1H3,(H,21,25). The van der Waals surface area contributed by atoms with E-state index in [1.165, 1.54) is 0 Å². The molecule has 1 aliphatic heterocycles. The summed E-state index contributed by atoms with van der Waals surface area (Å²) < 4.78 is 25.3. The number of aromatic amines is 1. The number of hydrogen-bond donors (Lipinski definition) is 1. The summed E-state index contributed by atoms with van der Waals surface area (Å²) in [6.45, 7) is 1.57. The fourth-order valence-corrected chi connectivity index (χ4v) is 5.09. The van der Waals surface area contributed by atoms with Crippen molar-refractivity contribution < 1.29 is 9.13 Å². The van der Waals surface area contributed by atoms with Gasteiger partial charge in [-0.2, -0.15) is 0 Å². The van der Waals surface area contributed by atoms with Gasteiger partial charge in [0.15, 0.2) is 11.6 Å². The number of likely N-dealkylation sites (tertiary alicyclic amines) is 1. The third kappa shape index (κ3) is 2.61. The molecule has 0 radical (unpaired) electrons. The molecule has 9 heteroatoms. The third-order valence-corrected chi connectivity index (χ3v) is 6.54. The van der Waals surface area contributed by atoms with Crippen LogP contribution in [0.1, 0.15) is 25.3 Å². The molecule has 142 valence electrons. The second kappa shape index (κ2) is 6.05. The van der Waals surface area contributed by atoms with Crippen LogP contribution in [0.3, 0.4) is 0 Å². The molecule has 2 fully saturated rings. The van der Waals surface area contributed by atoms with E-state index < -0.39 is 16.8 Å². The van der Waals surface area contributed by atoms with Gasteiger partial charge in [-0.3, -0.25) is 14.0 Å². The topological polar surface area (TPSA) is 67.3 Å². The van der Waals surface area contributed by atoms with E-state index >= 15 is 0 Å². The Morgan fingerprint density at radius 1 is 1.33 bits per heavy atom. The van der Waals surface area contributed by atoms with Gasteiger partial charge in [0.05, 0.1) is 10.9 Å². The first-order valence-corrected chi connectivity index (χ1v) is 10.1. The number of hydrogen-bond acceptors (Lipinski definition) is 5. The van der Waals surface area contributed by atoms with E-state index in [9.17, 15) is 14.0 Å². The van der Waals surface area contributed by atoms with Gasteiger partial charge in [-0.1, -0.05) is 11.6 Å². The molecule has 27 heavy (non-hydrogen) atoms. The smallest absolute Gasteiger partial charge is 0.271 e. The maximum atomic E-state index is 14.8. The molecule has 6 nitrogen and oxygen atoms in total. The zero-order valence-electron chi connectivity index (χ0n) is 14.6. The van der Waals surface area contributed by atoms with Crippen molar-refractivity contribution in [3.05, 3.63) is 37.5 Å². The Hall–Kier alpha value is -1.90. The summed E-state index contributed by atoms with van der Waals surface area (Å²) >= 11 is 7.71. The molecule has 1 aliphatic carbocycles. The van der Waals surface area contributed by atoms with Crippen LogP contribution in [0.4, 0.5) is 4.39 Å². The summed E-state index contributed by atoms with van der Waals surface area (Å²) in [4.78, 5) is 27.7. The van der Waals surface area contributed by atoms with Gasteiger partial charge >= 0.3 is 0 Å². The Morgan fingerprint density at radius 2 is 2.11 bits per heavy atom. The first-order chi connectivity index (χ1) is 13.0. The summed E-state index contributed by atoms with van der Waals surface area (Å²) in [7, 11) is 1.98. The zero-order valence-corrected chi connectivity index (χ0v) is 16.1. The van der Waals surface area contributed by atoms with Crippen LogP contribution in [0, 0.1) is 5.82 Å². The van der Waals surface area contributed by atoms with Crippen molar-refractivity contribution in [1.82, 2.24) is 13.8 Å². The number of benzene rings is 1. The second-order valence-corrected chi connectivity index (χ2v) is 8.51. The number of ether oxygens (including phenoxy) is 1. The van der Waals surface area contributed by atoms with Gasteiger partial charge in [0.25, 0.3) is 5.56 Å². The number of fused-ring (bicyclic) bond motifs is 2. The highest BCUT2D eigenvalue weighted by molar-refractivity contribution is 7.12. The highest BCUT2D eigenvalue weighted by atomic mass is 35.5. The van der Waals surface area contributed by atoms with Crippen molar-refractivity contribution in [3.8, 4) is 5.75 Å². The number of nitrogens with zero attached hydrogens (tertiary/aromatic N) is 2. The molecule has 0 amide bonds. The number of H-pyrrole nitrogens is 1. The number of aromatic nitrogens is 2. The lowest BCUT2D eigenvalue weighted by molar-refractivity contribution is 0.200. The number of pyridine rings is 1. The number of rotatable bonds is 3. The molecule has 1 aromatic carbocycles. The zero-order chi connectivity index (χ0) is 18.9. The van der Waals surface area contributed by atoms with Crippen LogP contribution < -0.4 is 15.7 Å². The number of likely N-dealkylation sites (N-methyl/N-ethyl adjacent to an activating group) is 1. The molecule has 2 aromatic heterocycles. The van der Waals surface area contributed by atoms with Gasteiger partial charge in [-0.25, -0.2) is 4.39 Å². The molecule has 0 bridgehead atoms. The largest absolute Gasteiger partial charge is 0.484 e. The average Bonchev–Trinajstić information content (AvgIpc) is 3.27. The second-order valence-electron chi connectivity index (χ2n) is 7.33. The number of nitrogens with one attached hydrogen (secondary N) is 1. The van der Waals surface area contributed by atoms with Crippen molar-refractivity contribution in [3.63, 3.8) is 0 Å². The van der Waals surface area contributed by atoms with Crippen LogP contribution >= 0.6 is 23.1 Å². The van der Waals surface area contributed by atoms with E-state index in [1.54, 1.807) is 0 Å². The molecular weight excluding hydrogens is 393 g/mol. The SMILES string of the molecule is CN1CCC(Oc2c(F)cc3c(=O)c4c(=O)[nH]sc4n(C4CC4)c3c2Cl)C1. The lowest BCUT2D eigenvalue weighted by atomic mass is 10.1. The average molecular weight is 410 g/mol. The lowest BCUT2D eigenvalue weighted by Crippen LogP contribution is -2.22. The monoisotopic (exact) mass is 409 g/mol. The summed E-state index contributed by atoms with van der Waals surface area (Å²) in [6.07, 6.45) is 2.50. The Balaban J connectivity index is 1.80. The van der Waals surface area contributed by atoms with Gasteiger partial charge in [0.1, 0.15) is 21.3 Å². The maximum absolute atomic E-state index is 14.8. The fraction of sp³-hybridized carbons (Fsp3) is 0.444. The normalized spacial score (nSPS) is 20.8. The first kappa shape index (κ1) is 17.2. The van der Waals surface area contributed by atoms with E-state index in [1.807, 2.05) is 11.6 Å². The van der Waals surface area contributed by atoms with Gasteiger partial charge in [0, 0.05) is 19.1 Å². The molecule has 3 aromatic rings. The van der Waals surface area contributed by atoms with E-state index in [4.69, 9.17) is 16.3 Å². The summed E-state index contributed by atoms with van der Waals surface area (Å²) in [5.41, 5.74) is -0.482. The number of halogens is 2. The van der Waals surface area contributed by atoms with Crippen LogP contribution in [0.25, 0.3) is 21.1 Å². The third-order valence-electron chi connectivity index (χ3n) is 5.31. The Bertz CT molecular complexity index is 1200.